The highest BCUT2D eigenvalue weighted by atomic mass is 32.2. The van der Waals surface area contributed by atoms with Crippen molar-refractivity contribution in [2.75, 3.05) is 11.5 Å². The van der Waals surface area contributed by atoms with E-state index < -0.39 is 0 Å². The van der Waals surface area contributed by atoms with E-state index in [2.05, 4.69) is 0 Å². The Hall–Kier alpha value is -0.480. The first kappa shape index (κ1) is 14.5. The Bertz CT molecular complexity index is 464. The van der Waals surface area contributed by atoms with Crippen molar-refractivity contribution in [1.82, 2.24) is 0 Å². The van der Waals surface area contributed by atoms with Gasteiger partial charge in [-0.3, -0.25) is 0 Å². The van der Waals surface area contributed by atoms with E-state index in [-0.39, 0.29) is 11.0 Å². The van der Waals surface area contributed by atoms with Crippen LogP contribution in [0, 0.1) is 0 Å². The third-order valence-electron chi connectivity index (χ3n) is 4.25. The Morgan fingerprint density at radius 1 is 0.850 bits per heavy atom. The average Bonchev–Trinajstić information content (AvgIpc) is 2.49. The molecule has 0 saturated carbocycles. The van der Waals surface area contributed by atoms with Gasteiger partial charge in [0.15, 0.2) is 0 Å². The van der Waals surface area contributed by atoms with Crippen molar-refractivity contribution in [3.05, 3.63) is 23.3 Å². The number of phenolic OH excluding ortho intramolecular Hbond substituents is 2. The van der Waals surface area contributed by atoms with Crippen LogP contribution in [0.2, 0.25) is 0 Å². The molecule has 1 aromatic rings. The number of aromatic hydroxyl groups is 2. The normalized spacial score (nSPS) is 27.4. The van der Waals surface area contributed by atoms with Gasteiger partial charge in [-0.15, -0.1) is 0 Å². The zero-order valence-electron chi connectivity index (χ0n) is 11.7. The lowest BCUT2D eigenvalue weighted by Crippen LogP contribution is -2.06. The number of benzene rings is 1. The topological polar surface area (TPSA) is 40.5 Å². The highest BCUT2D eigenvalue weighted by molar-refractivity contribution is 7.99. The molecule has 0 aliphatic carbocycles. The predicted molar refractivity (Wildman–Crippen MR) is 87.9 cm³/mol. The number of phenols is 2. The van der Waals surface area contributed by atoms with Crippen LogP contribution >= 0.6 is 23.5 Å². The molecule has 20 heavy (non-hydrogen) atoms. The molecular formula is C16H22O2S2. The summed E-state index contributed by atoms with van der Waals surface area (Å²) in [4.78, 5) is 0. The van der Waals surface area contributed by atoms with Gasteiger partial charge in [-0.2, -0.15) is 23.5 Å². The Balaban J connectivity index is 1.92. The van der Waals surface area contributed by atoms with Gasteiger partial charge in [0.25, 0.3) is 0 Å². The Morgan fingerprint density at radius 2 is 1.50 bits per heavy atom. The van der Waals surface area contributed by atoms with Gasteiger partial charge in [0.1, 0.15) is 11.5 Å². The SMILES string of the molecule is Oc1ccc(C2CCCCS2)c(O)c1C1CCCCS1. The summed E-state index contributed by atoms with van der Waals surface area (Å²) in [6, 6.07) is 3.71. The molecule has 0 amide bonds. The average molecular weight is 310 g/mol. The van der Waals surface area contributed by atoms with Crippen LogP contribution in [0.5, 0.6) is 11.5 Å². The molecule has 2 atom stereocenters. The summed E-state index contributed by atoms with van der Waals surface area (Å²) in [7, 11) is 0. The molecule has 2 unspecified atom stereocenters. The summed E-state index contributed by atoms with van der Waals surface area (Å²) in [5.41, 5.74) is 1.83. The van der Waals surface area contributed by atoms with Gasteiger partial charge < -0.3 is 10.2 Å². The zero-order valence-corrected chi connectivity index (χ0v) is 13.3. The first-order valence-corrected chi connectivity index (χ1v) is 9.65. The summed E-state index contributed by atoms with van der Waals surface area (Å²) in [5, 5.41) is 21.5. The van der Waals surface area contributed by atoms with Gasteiger partial charge in [0, 0.05) is 21.6 Å². The van der Waals surface area contributed by atoms with E-state index in [0.717, 1.165) is 29.7 Å². The Labute approximate surface area is 129 Å². The van der Waals surface area contributed by atoms with E-state index >= 15 is 0 Å². The van der Waals surface area contributed by atoms with E-state index in [1.54, 1.807) is 6.07 Å². The smallest absolute Gasteiger partial charge is 0.127 e. The van der Waals surface area contributed by atoms with E-state index in [1.165, 1.54) is 31.4 Å². The van der Waals surface area contributed by atoms with Crippen LogP contribution in [0.3, 0.4) is 0 Å². The van der Waals surface area contributed by atoms with E-state index in [0.29, 0.717) is 11.0 Å². The number of hydrogen-bond donors (Lipinski definition) is 2. The molecule has 0 aromatic heterocycles. The molecule has 110 valence electrons. The van der Waals surface area contributed by atoms with Gasteiger partial charge in [-0.05, 0) is 43.3 Å². The van der Waals surface area contributed by atoms with Crippen molar-refractivity contribution in [2.45, 2.75) is 49.0 Å². The largest absolute Gasteiger partial charge is 0.507 e. The second-order valence-electron chi connectivity index (χ2n) is 5.65. The summed E-state index contributed by atoms with van der Waals surface area (Å²) in [6.45, 7) is 0. The fourth-order valence-corrected chi connectivity index (χ4v) is 5.89. The molecule has 2 aliphatic rings. The van der Waals surface area contributed by atoms with Gasteiger partial charge in [-0.25, -0.2) is 0 Å². The lowest BCUT2D eigenvalue weighted by molar-refractivity contribution is 0.428. The summed E-state index contributed by atoms with van der Waals surface area (Å²) < 4.78 is 0. The van der Waals surface area contributed by atoms with Crippen molar-refractivity contribution in [2.24, 2.45) is 0 Å². The van der Waals surface area contributed by atoms with Crippen LogP contribution in [-0.4, -0.2) is 21.7 Å². The minimum absolute atomic E-state index is 0.261. The van der Waals surface area contributed by atoms with E-state index in [1.807, 2.05) is 29.6 Å². The lowest BCUT2D eigenvalue weighted by atomic mass is 9.97. The first-order valence-electron chi connectivity index (χ1n) is 7.55. The monoisotopic (exact) mass is 310 g/mol. The standard InChI is InChI=1S/C16H22O2S2/c17-12-8-7-11(13-5-1-3-9-19-13)16(18)15(12)14-6-2-4-10-20-14/h7-8,13-14,17-18H,1-6,9-10H2. The van der Waals surface area contributed by atoms with Crippen LogP contribution in [0.15, 0.2) is 12.1 Å². The van der Waals surface area contributed by atoms with Crippen LogP contribution in [0.4, 0.5) is 0 Å². The van der Waals surface area contributed by atoms with E-state index in [4.69, 9.17) is 0 Å². The molecule has 1 aromatic carbocycles. The van der Waals surface area contributed by atoms with Gasteiger partial charge in [-0.1, -0.05) is 18.9 Å². The molecule has 4 heteroatoms. The zero-order chi connectivity index (χ0) is 13.9. The number of hydrogen-bond acceptors (Lipinski definition) is 4. The fraction of sp³-hybridized carbons (Fsp3) is 0.625. The minimum Gasteiger partial charge on any atom is -0.507 e. The molecule has 0 bridgehead atoms. The maximum atomic E-state index is 10.7. The van der Waals surface area contributed by atoms with Crippen molar-refractivity contribution in [3.8, 4) is 11.5 Å². The van der Waals surface area contributed by atoms with Crippen molar-refractivity contribution in [3.63, 3.8) is 0 Å². The molecule has 2 N–H and O–H groups in total. The molecule has 0 radical (unpaired) electrons. The first-order chi connectivity index (χ1) is 9.77. The summed E-state index contributed by atoms with van der Waals surface area (Å²) in [6.07, 6.45) is 7.17. The number of thioether (sulfide) groups is 2. The van der Waals surface area contributed by atoms with Crippen molar-refractivity contribution >= 4 is 23.5 Å². The number of rotatable bonds is 2. The molecule has 0 spiro atoms. The molecule has 3 rings (SSSR count). The second-order valence-corrected chi connectivity index (χ2v) is 8.27. The molecule has 2 fully saturated rings. The fourth-order valence-electron chi connectivity index (χ4n) is 3.15. The lowest BCUT2D eigenvalue weighted by Gasteiger charge is -2.27. The third-order valence-corrected chi connectivity index (χ3v) is 7.07. The van der Waals surface area contributed by atoms with Crippen molar-refractivity contribution < 1.29 is 10.2 Å². The predicted octanol–water partition coefficient (Wildman–Crippen LogP) is 5.01. The highest BCUT2D eigenvalue weighted by Crippen LogP contribution is 2.50. The van der Waals surface area contributed by atoms with Crippen LogP contribution in [-0.2, 0) is 0 Å². The maximum Gasteiger partial charge on any atom is 0.127 e. The molecule has 2 aliphatic heterocycles. The van der Waals surface area contributed by atoms with Gasteiger partial charge >= 0.3 is 0 Å². The minimum atomic E-state index is 0.261. The van der Waals surface area contributed by atoms with Crippen LogP contribution < -0.4 is 0 Å². The quantitative estimate of drug-likeness (QED) is 0.805. The van der Waals surface area contributed by atoms with Gasteiger partial charge in [0.05, 0.1) is 0 Å². The Kier molecular flexibility index (Phi) is 4.72. The Morgan fingerprint density at radius 3 is 2.10 bits per heavy atom. The molecule has 2 heterocycles. The molecule has 2 nitrogen and oxygen atoms in total. The van der Waals surface area contributed by atoms with Gasteiger partial charge in [0.2, 0.25) is 0 Å². The third kappa shape index (κ3) is 2.91. The molecular weight excluding hydrogens is 288 g/mol. The van der Waals surface area contributed by atoms with Crippen LogP contribution in [0.25, 0.3) is 0 Å². The summed E-state index contributed by atoms with van der Waals surface area (Å²) >= 11 is 3.82. The van der Waals surface area contributed by atoms with Crippen molar-refractivity contribution in [1.29, 1.82) is 0 Å². The van der Waals surface area contributed by atoms with Crippen LogP contribution in [0.1, 0.15) is 60.2 Å². The van der Waals surface area contributed by atoms with E-state index in [9.17, 15) is 10.2 Å². The second kappa shape index (κ2) is 6.52. The maximum absolute atomic E-state index is 10.7. The highest BCUT2D eigenvalue weighted by Gasteiger charge is 2.27. The molecule has 2 saturated heterocycles. The summed E-state index contributed by atoms with van der Waals surface area (Å²) in [5.74, 6) is 2.94.